The van der Waals surface area contributed by atoms with Gasteiger partial charge in [0.25, 0.3) is 0 Å². The predicted octanol–water partition coefficient (Wildman–Crippen LogP) is 4.33. The molecule has 1 heterocycles. The topological polar surface area (TPSA) is 34.4 Å². The van der Waals surface area contributed by atoms with Gasteiger partial charge in [-0.25, -0.2) is 0 Å². The highest BCUT2D eigenvalue weighted by atomic mass is 16.5. The number of benzene rings is 1. The van der Waals surface area contributed by atoms with E-state index in [1.54, 1.807) is 6.26 Å². The van der Waals surface area contributed by atoms with Gasteiger partial charge < -0.3 is 14.5 Å². The minimum atomic E-state index is 0.164. The van der Waals surface area contributed by atoms with Gasteiger partial charge in [0.15, 0.2) is 0 Å². The molecule has 1 aromatic carbocycles. The van der Waals surface area contributed by atoms with Crippen molar-refractivity contribution in [2.75, 3.05) is 6.54 Å². The van der Waals surface area contributed by atoms with Gasteiger partial charge in [0.2, 0.25) is 0 Å². The van der Waals surface area contributed by atoms with Crippen LogP contribution in [0.1, 0.15) is 50.6 Å². The highest BCUT2D eigenvalue weighted by Gasteiger charge is 2.18. The molecule has 2 rings (SSSR count). The highest BCUT2D eigenvalue weighted by molar-refractivity contribution is 5.36. The summed E-state index contributed by atoms with van der Waals surface area (Å²) in [6.45, 7) is 9.21. The third kappa shape index (κ3) is 3.88. The van der Waals surface area contributed by atoms with Gasteiger partial charge in [0.1, 0.15) is 11.5 Å². The quantitative estimate of drug-likeness (QED) is 0.823. The van der Waals surface area contributed by atoms with Crippen LogP contribution in [0.3, 0.4) is 0 Å². The lowest BCUT2D eigenvalue weighted by Gasteiger charge is -2.19. The Morgan fingerprint density at radius 3 is 2.38 bits per heavy atom. The molecule has 3 nitrogen and oxygen atoms in total. The van der Waals surface area contributed by atoms with Crippen LogP contribution < -0.4 is 10.1 Å². The van der Waals surface area contributed by atoms with E-state index >= 15 is 0 Å². The summed E-state index contributed by atoms with van der Waals surface area (Å²) < 4.78 is 11.3. The van der Waals surface area contributed by atoms with Crippen molar-refractivity contribution in [1.82, 2.24) is 5.32 Å². The third-order valence-electron chi connectivity index (χ3n) is 3.41. The van der Waals surface area contributed by atoms with E-state index in [1.807, 2.05) is 26.0 Å². The summed E-state index contributed by atoms with van der Waals surface area (Å²) in [5.74, 6) is 1.95. The van der Waals surface area contributed by atoms with Crippen molar-refractivity contribution < 1.29 is 9.15 Å². The van der Waals surface area contributed by atoms with Gasteiger partial charge >= 0.3 is 0 Å². The number of aryl methyl sites for hydroxylation is 1. The summed E-state index contributed by atoms with van der Waals surface area (Å²) in [5.41, 5.74) is 2.45. The Morgan fingerprint density at radius 2 is 1.81 bits per heavy atom. The Labute approximate surface area is 127 Å². The smallest absolute Gasteiger partial charge is 0.119 e. The average molecular weight is 287 g/mol. The molecule has 0 spiro atoms. The van der Waals surface area contributed by atoms with E-state index in [4.69, 9.17) is 9.15 Å². The van der Waals surface area contributed by atoms with Gasteiger partial charge in [-0.3, -0.25) is 0 Å². The van der Waals surface area contributed by atoms with Crippen LogP contribution in [0, 0.1) is 0 Å². The van der Waals surface area contributed by atoms with Crippen LogP contribution in [0.15, 0.2) is 41.0 Å². The monoisotopic (exact) mass is 287 g/mol. The Bertz CT molecular complexity index is 543. The van der Waals surface area contributed by atoms with Crippen LogP contribution in [0.25, 0.3) is 0 Å². The molecule has 0 saturated carbocycles. The van der Waals surface area contributed by atoms with Crippen molar-refractivity contribution in [1.29, 1.82) is 0 Å². The van der Waals surface area contributed by atoms with Gasteiger partial charge in [-0.1, -0.05) is 26.0 Å². The highest BCUT2D eigenvalue weighted by Crippen LogP contribution is 2.28. The molecule has 0 aliphatic heterocycles. The van der Waals surface area contributed by atoms with E-state index in [-0.39, 0.29) is 12.1 Å². The molecule has 3 heteroatoms. The third-order valence-corrected chi connectivity index (χ3v) is 3.41. The average Bonchev–Trinajstić information content (AvgIpc) is 2.93. The molecule has 0 aliphatic rings. The maximum atomic E-state index is 5.71. The Morgan fingerprint density at radius 1 is 1.10 bits per heavy atom. The van der Waals surface area contributed by atoms with Crippen LogP contribution in [-0.4, -0.2) is 12.6 Å². The number of nitrogens with one attached hydrogen (secondary N) is 1. The molecular formula is C18H25NO2. The standard InChI is InChI=1S/C18H25NO2/c1-5-17-16(11-12-20-17)18(19-6-2)14-7-9-15(10-8-14)21-13(3)4/h7-13,18-19H,5-6H2,1-4H3. The molecule has 0 saturated heterocycles. The van der Waals surface area contributed by atoms with Crippen LogP contribution >= 0.6 is 0 Å². The minimum Gasteiger partial charge on any atom is -0.491 e. The molecule has 0 fully saturated rings. The molecule has 1 atom stereocenters. The largest absolute Gasteiger partial charge is 0.491 e. The van der Waals surface area contributed by atoms with Crippen molar-refractivity contribution in [3.05, 3.63) is 53.5 Å². The van der Waals surface area contributed by atoms with E-state index in [9.17, 15) is 0 Å². The predicted molar refractivity (Wildman–Crippen MR) is 85.8 cm³/mol. The first-order valence-corrected chi connectivity index (χ1v) is 7.72. The Kier molecular flexibility index (Phi) is 5.45. The molecule has 2 aromatic rings. The SMILES string of the molecule is CCNC(c1ccc(OC(C)C)cc1)c1ccoc1CC. The lowest BCUT2D eigenvalue weighted by molar-refractivity contribution is 0.242. The van der Waals surface area contributed by atoms with Crippen molar-refractivity contribution in [3.63, 3.8) is 0 Å². The van der Waals surface area contributed by atoms with E-state index in [2.05, 4.69) is 37.4 Å². The Balaban J connectivity index is 2.26. The number of ether oxygens (including phenoxy) is 1. The zero-order valence-corrected chi connectivity index (χ0v) is 13.3. The van der Waals surface area contributed by atoms with Crippen LogP contribution in [-0.2, 0) is 6.42 Å². The second-order valence-electron chi connectivity index (χ2n) is 5.38. The molecule has 1 N–H and O–H groups in total. The maximum absolute atomic E-state index is 5.71. The van der Waals surface area contributed by atoms with Crippen molar-refractivity contribution >= 4 is 0 Å². The maximum Gasteiger partial charge on any atom is 0.119 e. The van der Waals surface area contributed by atoms with Gasteiger partial charge in [-0.15, -0.1) is 0 Å². The molecule has 114 valence electrons. The minimum absolute atomic E-state index is 0.164. The number of furan rings is 1. The van der Waals surface area contributed by atoms with E-state index < -0.39 is 0 Å². The molecule has 21 heavy (non-hydrogen) atoms. The molecule has 0 bridgehead atoms. The van der Waals surface area contributed by atoms with Gasteiger partial charge in [-0.05, 0) is 44.2 Å². The first-order chi connectivity index (χ1) is 10.2. The summed E-state index contributed by atoms with van der Waals surface area (Å²) in [6, 6.07) is 10.5. The van der Waals surface area contributed by atoms with Crippen molar-refractivity contribution in [2.24, 2.45) is 0 Å². The zero-order valence-electron chi connectivity index (χ0n) is 13.3. The summed E-state index contributed by atoms with van der Waals surface area (Å²) in [7, 11) is 0. The summed E-state index contributed by atoms with van der Waals surface area (Å²) in [6.07, 6.45) is 2.87. The molecule has 0 radical (unpaired) electrons. The molecule has 0 amide bonds. The second-order valence-corrected chi connectivity index (χ2v) is 5.38. The lowest BCUT2D eigenvalue weighted by Crippen LogP contribution is -2.22. The van der Waals surface area contributed by atoms with Gasteiger partial charge in [-0.2, -0.15) is 0 Å². The lowest BCUT2D eigenvalue weighted by atomic mass is 9.98. The number of hydrogen-bond acceptors (Lipinski definition) is 3. The van der Waals surface area contributed by atoms with E-state index in [0.29, 0.717) is 0 Å². The second kappa shape index (κ2) is 7.32. The Hall–Kier alpha value is -1.74. The summed E-state index contributed by atoms with van der Waals surface area (Å²) in [5, 5.41) is 3.54. The number of hydrogen-bond donors (Lipinski definition) is 1. The van der Waals surface area contributed by atoms with Crippen LogP contribution in [0.2, 0.25) is 0 Å². The first kappa shape index (κ1) is 15.6. The van der Waals surface area contributed by atoms with E-state index in [0.717, 1.165) is 24.5 Å². The fourth-order valence-electron chi connectivity index (χ4n) is 2.52. The molecular weight excluding hydrogens is 262 g/mol. The summed E-state index contributed by atoms with van der Waals surface area (Å²) >= 11 is 0. The van der Waals surface area contributed by atoms with Crippen LogP contribution in [0.5, 0.6) is 5.75 Å². The van der Waals surface area contributed by atoms with Gasteiger partial charge in [0.05, 0.1) is 18.4 Å². The number of rotatable bonds is 7. The normalized spacial score (nSPS) is 12.6. The molecule has 1 aromatic heterocycles. The fraction of sp³-hybridized carbons (Fsp3) is 0.444. The van der Waals surface area contributed by atoms with Crippen molar-refractivity contribution in [3.8, 4) is 5.75 Å². The first-order valence-electron chi connectivity index (χ1n) is 7.72. The fourth-order valence-corrected chi connectivity index (χ4v) is 2.52. The van der Waals surface area contributed by atoms with Gasteiger partial charge in [0, 0.05) is 12.0 Å². The molecule has 1 unspecified atom stereocenters. The molecule has 0 aliphatic carbocycles. The zero-order chi connectivity index (χ0) is 15.2. The van der Waals surface area contributed by atoms with Crippen LogP contribution in [0.4, 0.5) is 0 Å². The summed E-state index contributed by atoms with van der Waals surface area (Å²) in [4.78, 5) is 0. The van der Waals surface area contributed by atoms with E-state index in [1.165, 1.54) is 11.1 Å². The van der Waals surface area contributed by atoms with Crippen molar-refractivity contribution in [2.45, 2.75) is 46.3 Å².